The monoisotopic (exact) mass is 197 g/mol. The van der Waals surface area contributed by atoms with Gasteiger partial charge in [0.15, 0.2) is 0 Å². The quantitative estimate of drug-likeness (QED) is 0.700. The normalized spacial score (nSPS) is 9.86. The average Bonchev–Trinajstić information content (AvgIpc) is 2.43. The van der Waals surface area contributed by atoms with E-state index in [4.69, 9.17) is 5.11 Å². The van der Waals surface area contributed by atoms with E-state index in [0.717, 1.165) is 0 Å². The molecule has 0 aliphatic rings. The van der Waals surface area contributed by atoms with Crippen molar-refractivity contribution in [3.8, 4) is 0 Å². The molecule has 0 saturated carbocycles. The first-order valence-corrected chi connectivity index (χ1v) is 4.01. The Balaban J connectivity index is 2.76. The molecule has 14 heavy (non-hydrogen) atoms. The molecule has 1 amide bonds. The molecule has 1 aromatic rings. The minimum atomic E-state index is -1.03. The van der Waals surface area contributed by atoms with E-state index in [9.17, 15) is 9.59 Å². The summed E-state index contributed by atoms with van der Waals surface area (Å²) in [7, 11) is 1.54. The molecule has 0 saturated heterocycles. The van der Waals surface area contributed by atoms with Gasteiger partial charge in [-0.2, -0.15) is 5.10 Å². The molecule has 0 aromatic carbocycles. The Hall–Kier alpha value is -1.85. The van der Waals surface area contributed by atoms with Gasteiger partial charge in [-0.1, -0.05) is 0 Å². The molecular weight excluding hydrogens is 186 g/mol. The Morgan fingerprint density at radius 2 is 2.29 bits per heavy atom. The van der Waals surface area contributed by atoms with Gasteiger partial charge in [-0.15, -0.1) is 0 Å². The van der Waals surface area contributed by atoms with E-state index in [0.29, 0.717) is 5.69 Å². The van der Waals surface area contributed by atoms with Crippen LogP contribution in [-0.2, 0) is 18.4 Å². The van der Waals surface area contributed by atoms with E-state index in [1.807, 2.05) is 0 Å². The van der Waals surface area contributed by atoms with Crippen LogP contribution in [0.15, 0.2) is 6.07 Å². The lowest BCUT2D eigenvalue weighted by molar-refractivity contribution is -0.119. The molecule has 2 N–H and O–H groups in total. The van der Waals surface area contributed by atoms with E-state index in [2.05, 4.69) is 10.4 Å². The maximum atomic E-state index is 10.6. The number of carbonyl (C=O) groups is 2. The fourth-order valence-electron chi connectivity index (χ4n) is 1.03. The van der Waals surface area contributed by atoms with Gasteiger partial charge >= 0.3 is 5.97 Å². The molecule has 0 unspecified atom stereocenters. The first-order chi connectivity index (χ1) is 6.50. The van der Waals surface area contributed by atoms with E-state index in [1.54, 1.807) is 7.05 Å². The van der Waals surface area contributed by atoms with Crippen molar-refractivity contribution in [3.05, 3.63) is 17.5 Å². The summed E-state index contributed by atoms with van der Waals surface area (Å²) in [6.07, 6.45) is 0. The number of rotatable bonds is 3. The molecule has 1 aromatic heterocycles. The van der Waals surface area contributed by atoms with Crippen molar-refractivity contribution >= 4 is 11.9 Å². The fourth-order valence-corrected chi connectivity index (χ4v) is 1.03. The predicted molar refractivity (Wildman–Crippen MR) is 47.7 cm³/mol. The molecule has 0 aliphatic heterocycles. The van der Waals surface area contributed by atoms with Crippen LogP contribution in [0.4, 0.5) is 0 Å². The van der Waals surface area contributed by atoms with Gasteiger partial charge in [0.05, 0.1) is 12.2 Å². The van der Waals surface area contributed by atoms with Crippen LogP contribution in [0.1, 0.15) is 23.1 Å². The van der Waals surface area contributed by atoms with Gasteiger partial charge in [-0.25, -0.2) is 4.79 Å². The Morgan fingerprint density at radius 1 is 1.64 bits per heavy atom. The zero-order valence-electron chi connectivity index (χ0n) is 7.94. The third kappa shape index (κ3) is 2.32. The molecule has 0 atom stereocenters. The smallest absolute Gasteiger partial charge is 0.354 e. The molecule has 0 bridgehead atoms. The minimum absolute atomic E-state index is 0.102. The van der Waals surface area contributed by atoms with Crippen LogP contribution in [0.2, 0.25) is 0 Å². The van der Waals surface area contributed by atoms with Crippen LogP contribution in [0, 0.1) is 0 Å². The van der Waals surface area contributed by atoms with E-state index < -0.39 is 5.97 Å². The topological polar surface area (TPSA) is 84.2 Å². The summed E-state index contributed by atoms with van der Waals surface area (Å²) in [4.78, 5) is 21.2. The molecular formula is C8H11N3O3. The van der Waals surface area contributed by atoms with Crippen molar-refractivity contribution in [2.75, 3.05) is 0 Å². The second kappa shape index (κ2) is 3.91. The zero-order valence-corrected chi connectivity index (χ0v) is 7.94. The number of nitrogens with zero attached hydrogens (tertiary/aromatic N) is 2. The van der Waals surface area contributed by atoms with E-state index in [-0.39, 0.29) is 18.1 Å². The predicted octanol–water partition coefficient (Wildman–Crippen LogP) is -0.246. The molecule has 1 heterocycles. The number of amides is 1. The second-order valence-corrected chi connectivity index (χ2v) is 2.86. The molecule has 6 heteroatoms. The van der Waals surface area contributed by atoms with Gasteiger partial charge in [-0.05, 0) is 6.07 Å². The summed E-state index contributed by atoms with van der Waals surface area (Å²) in [5, 5.41) is 15.2. The molecule has 0 spiro atoms. The summed E-state index contributed by atoms with van der Waals surface area (Å²) in [6.45, 7) is 1.64. The number of hydrogen-bond acceptors (Lipinski definition) is 3. The molecule has 0 fully saturated rings. The van der Waals surface area contributed by atoms with Crippen LogP contribution in [0.3, 0.4) is 0 Å². The number of aromatic nitrogens is 2. The highest BCUT2D eigenvalue weighted by molar-refractivity contribution is 5.85. The third-order valence-corrected chi connectivity index (χ3v) is 1.67. The van der Waals surface area contributed by atoms with Gasteiger partial charge in [0.25, 0.3) is 0 Å². The van der Waals surface area contributed by atoms with E-state index in [1.165, 1.54) is 17.7 Å². The SMILES string of the molecule is CC(=O)NCc1cc(C(=O)O)n(C)n1. The summed E-state index contributed by atoms with van der Waals surface area (Å²) < 4.78 is 1.26. The summed E-state index contributed by atoms with van der Waals surface area (Å²) in [5.74, 6) is -1.21. The van der Waals surface area contributed by atoms with Crippen molar-refractivity contribution in [1.29, 1.82) is 0 Å². The summed E-state index contributed by atoms with van der Waals surface area (Å²) in [5.41, 5.74) is 0.630. The third-order valence-electron chi connectivity index (χ3n) is 1.67. The number of carboxylic acid groups (broad SMARTS) is 1. The van der Waals surface area contributed by atoms with Crippen molar-refractivity contribution in [2.24, 2.45) is 7.05 Å². The molecule has 6 nitrogen and oxygen atoms in total. The Bertz CT molecular complexity index is 370. The molecule has 1 rings (SSSR count). The maximum Gasteiger partial charge on any atom is 0.354 e. The second-order valence-electron chi connectivity index (χ2n) is 2.86. The van der Waals surface area contributed by atoms with Gasteiger partial charge in [0.1, 0.15) is 5.69 Å². The first kappa shape index (κ1) is 10.2. The van der Waals surface area contributed by atoms with Crippen molar-refractivity contribution in [3.63, 3.8) is 0 Å². The standard InChI is InChI=1S/C8H11N3O3/c1-5(12)9-4-6-3-7(8(13)14)11(2)10-6/h3H,4H2,1-2H3,(H,9,12)(H,13,14). The first-order valence-electron chi connectivity index (χ1n) is 4.01. The highest BCUT2D eigenvalue weighted by Gasteiger charge is 2.11. The van der Waals surface area contributed by atoms with E-state index >= 15 is 0 Å². The van der Waals surface area contributed by atoms with Gasteiger partial charge < -0.3 is 10.4 Å². The van der Waals surface area contributed by atoms with Gasteiger partial charge in [-0.3, -0.25) is 9.48 Å². The average molecular weight is 197 g/mol. The van der Waals surface area contributed by atoms with Gasteiger partial charge in [0, 0.05) is 14.0 Å². The number of aryl methyl sites for hydroxylation is 1. The largest absolute Gasteiger partial charge is 0.477 e. The number of aromatic carboxylic acids is 1. The zero-order chi connectivity index (χ0) is 10.7. The fraction of sp³-hybridized carbons (Fsp3) is 0.375. The summed E-state index contributed by atoms with van der Waals surface area (Å²) in [6, 6.07) is 1.43. The summed E-state index contributed by atoms with van der Waals surface area (Å²) >= 11 is 0. The lowest BCUT2D eigenvalue weighted by Gasteiger charge is -1.95. The number of carbonyl (C=O) groups excluding carboxylic acids is 1. The van der Waals surface area contributed by atoms with Crippen LogP contribution in [-0.4, -0.2) is 26.8 Å². The van der Waals surface area contributed by atoms with Crippen LogP contribution < -0.4 is 5.32 Å². The number of nitrogens with one attached hydrogen (secondary N) is 1. The Labute approximate surface area is 80.5 Å². The van der Waals surface area contributed by atoms with Crippen molar-refractivity contribution in [2.45, 2.75) is 13.5 Å². The van der Waals surface area contributed by atoms with Crippen LogP contribution in [0.25, 0.3) is 0 Å². The highest BCUT2D eigenvalue weighted by Crippen LogP contribution is 2.02. The van der Waals surface area contributed by atoms with Crippen molar-refractivity contribution in [1.82, 2.24) is 15.1 Å². The molecule has 76 valence electrons. The van der Waals surface area contributed by atoms with Crippen LogP contribution >= 0.6 is 0 Å². The number of hydrogen-bond donors (Lipinski definition) is 2. The highest BCUT2D eigenvalue weighted by atomic mass is 16.4. The minimum Gasteiger partial charge on any atom is -0.477 e. The maximum absolute atomic E-state index is 10.6. The lowest BCUT2D eigenvalue weighted by atomic mass is 10.3. The van der Waals surface area contributed by atoms with Crippen molar-refractivity contribution < 1.29 is 14.7 Å². The van der Waals surface area contributed by atoms with Crippen LogP contribution in [0.5, 0.6) is 0 Å². The Kier molecular flexibility index (Phi) is 2.85. The Morgan fingerprint density at radius 3 is 2.71 bits per heavy atom. The number of carboxylic acids is 1. The lowest BCUT2D eigenvalue weighted by Crippen LogP contribution is -2.19. The van der Waals surface area contributed by atoms with Gasteiger partial charge in [0.2, 0.25) is 5.91 Å². The molecule has 0 aliphatic carbocycles. The molecule has 0 radical (unpaired) electrons.